The van der Waals surface area contributed by atoms with Gasteiger partial charge in [0.05, 0.1) is 22.6 Å². The van der Waals surface area contributed by atoms with Crippen molar-refractivity contribution in [1.29, 1.82) is 0 Å². The molecule has 11 heteroatoms. The van der Waals surface area contributed by atoms with E-state index in [2.05, 4.69) is 10.4 Å². The van der Waals surface area contributed by atoms with Gasteiger partial charge < -0.3 is 15.5 Å². The third-order valence-corrected chi connectivity index (χ3v) is 6.20. The number of alkyl halides is 3. The van der Waals surface area contributed by atoms with Gasteiger partial charge in [-0.1, -0.05) is 23.7 Å². The van der Waals surface area contributed by atoms with Gasteiger partial charge in [-0.3, -0.25) is 4.79 Å². The van der Waals surface area contributed by atoms with Crippen LogP contribution in [0.5, 0.6) is 5.75 Å². The van der Waals surface area contributed by atoms with Gasteiger partial charge in [-0.05, 0) is 36.3 Å². The number of benzene rings is 2. The zero-order valence-electron chi connectivity index (χ0n) is 17.3. The number of phenolic OH excluding ortho intramolecular Hbond substituents is 1. The average Bonchev–Trinajstić information content (AvgIpc) is 2.75. The van der Waals surface area contributed by atoms with Crippen LogP contribution in [0.3, 0.4) is 0 Å². The number of nitrogens with one attached hydrogen (secondary N) is 1. The fourth-order valence-electron chi connectivity index (χ4n) is 4.19. The maximum Gasteiger partial charge on any atom is 0.419 e. The molecular formula is C22H18ClF4N3O3. The normalized spacial score (nSPS) is 21.9. The van der Waals surface area contributed by atoms with Crippen LogP contribution in [0.1, 0.15) is 30.5 Å². The summed E-state index contributed by atoms with van der Waals surface area (Å²) in [7, 11) is 1.43. The van der Waals surface area contributed by atoms with Gasteiger partial charge in [0.25, 0.3) is 5.56 Å². The second-order valence-corrected chi connectivity index (χ2v) is 8.22. The topological polar surface area (TPSA) is 87.4 Å². The van der Waals surface area contributed by atoms with Gasteiger partial charge >= 0.3 is 6.18 Å². The predicted octanol–water partition coefficient (Wildman–Crippen LogP) is 4.69. The highest BCUT2D eigenvalue weighted by Crippen LogP contribution is 2.55. The molecule has 174 valence electrons. The highest BCUT2D eigenvalue weighted by Gasteiger charge is 2.62. The first-order chi connectivity index (χ1) is 15.4. The molecule has 1 heterocycles. The van der Waals surface area contributed by atoms with Crippen molar-refractivity contribution in [2.45, 2.75) is 31.2 Å². The van der Waals surface area contributed by atoms with E-state index in [1.165, 1.54) is 44.4 Å². The number of halogens is 5. The first-order valence-corrected chi connectivity index (χ1v) is 10.2. The zero-order chi connectivity index (χ0) is 24.3. The number of aromatic hydroxyl groups is 1. The van der Waals surface area contributed by atoms with Crippen molar-refractivity contribution in [1.82, 2.24) is 9.78 Å². The molecule has 2 atom stereocenters. The molecule has 4 rings (SSSR count). The molecule has 0 bridgehead atoms. The SMILES string of the molecule is CC=C1CC(O)(C(F)(F)F)C(Nc2cccc3c(=O)n(C)ncc23)c2cc(Cl)c(F)c(O)c21. The average molecular weight is 484 g/mol. The molecule has 33 heavy (non-hydrogen) atoms. The van der Waals surface area contributed by atoms with Crippen LogP contribution in [-0.4, -0.2) is 31.8 Å². The van der Waals surface area contributed by atoms with Crippen LogP contribution in [-0.2, 0) is 7.05 Å². The number of phenols is 1. The van der Waals surface area contributed by atoms with E-state index in [9.17, 15) is 32.6 Å². The minimum Gasteiger partial charge on any atom is -0.504 e. The van der Waals surface area contributed by atoms with E-state index in [0.29, 0.717) is 0 Å². The highest BCUT2D eigenvalue weighted by atomic mass is 35.5. The summed E-state index contributed by atoms with van der Waals surface area (Å²) in [5.74, 6) is -2.08. The first-order valence-electron chi connectivity index (χ1n) is 9.77. The summed E-state index contributed by atoms with van der Waals surface area (Å²) < 4.78 is 58.1. The molecule has 0 radical (unpaired) electrons. The molecule has 1 aliphatic carbocycles. The lowest BCUT2D eigenvalue weighted by Gasteiger charge is -2.44. The molecule has 0 spiro atoms. The van der Waals surface area contributed by atoms with E-state index < -0.39 is 46.4 Å². The minimum atomic E-state index is -5.12. The van der Waals surface area contributed by atoms with Gasteiger partial charge in [-0.25, -0.2) is 9.07 Å². The summed E-state index contributed by atoms with van der Waals surface area (Å²) in [6.07, 6.45) is -3.49. The molecule has 0 aliphatic heterocycles. The van der Waals surface area contributed by atoms with Gasteiger partial charge in [-0.15, -0.1) is 0 Å². The highest BCUT2D eigenvalue weighted by molar-refractivity contribution is 6.31. The summed E-state index contributed by atoms with van der Waals surface area (Å²) in [4.78, 5) is 12.4. The third-order valence-electron chi connectivity index (χ3n) is 5.92. The molecule has 2 unspecified atom stereocenters. The number of aryl methyl sites for hydroxylation is 1. The minimum absolute atomic E-state index is 0.0835. The third kappa shape index (κ3) is 3.44. The van der Waals surface area contributed by atoms with Gasteiger partial charge in [0.15, 0.2) is 17.2 Å². The van der Waals surface area contributed by atoms with Crippen molar-refractivity contribution in [2.75, 3.05) is 5.32 Å². The van der Waals surface area contributed by atoms with Crippen molar-refractivity contribution < 1.29 is 27.8 Å². The molecule has 1 aromatic heterocycles. The van der Waals surface area contributed by atoms with Crippen LogP contribution >= 0.6 is 11.6 Å². The molecule has 6 nitrogen and oxygen atoms in total. The number of aliphatic hydroxyl groups is 1. The lowest BCUT2D eigenvalue weighted by Crippen LogP contribution is -2.54. The van der Waals surface area contributed by atoms with Gasteiger partial charge in [0.2, 0.25) is 0 Å². The summed E-state index contributed by atoms with van der Waals surface area (Å²) >= 11 is 5.85. The Morgan fingerprint density at radius 3 is 2.67 bits per heavy atom. The Labute approximate surface area is 189 Å². The Hall–Kier alpha value is -3.11. The number of fused-ring (bicyclic) bond motifs is 2. The summed E-state index contributed by atoms with van der Waals surface area (Å²) in [6, 6.07) is 3.44. The van der Waals surface area contributed by atoms with Crippen molar-refractivity contribution in [3.8, 4) is 5.75 Å². The van der Waals surface area contributed by atoms with E-state index in [0.717, 1.165) is 10.7 Å². The van der Waals surface area contributed by atoms with E-state index in [1.54, 1.807) is 0 Å². The van der Waals surface area contributed by atoms with Crippen LogP contribution in [0, 0.1) is 5.82 Å². The van der Waals surface area contributed by atoms with Crippen LogP contribution in [0.15, 0.2) is 41.3 Å². The van der Waals surface area contributed by atoms with E-state index in [4.69, 9.17) is 11.6 Å². The van der Waals surface area contributed by atoms with Crippen LogP contribution in [0.2, 0.25) is 5.02 Å². The fraction of sp³-hybridized carbons (Fsp3) is 0.273. The van der Waals surface area contributed by atoms with Crippen LogP contribution < -0.4 is 10.9 Å². The van der Waals surface area contributed by atoms with Crippen LogP contribution in [0.4, 0.5) is 23.2 Å². The number of aromatic nitrogens is 2. The largest absolute Gasteiger partial charge is 0.504 e. The lowest BCUT2D eigenvalue weighted by molar-refractivity contribution is -0.265. The Bertz CT molecular complexity index is 1370. The molecule has 0 saturated carbocycles. The molecule has 2 aromatic carbocycles. The second kappa shape index (κ2) is 7.74. The van der Waals surface area contributed by atoms with E-state index >= 15 is 0 Å². The Kier molecular flexibility index (Phi) is 5.41. The summed E-state index contributed by atoms with van der Waals surface area (Å²) in [6.45, 7) is 1.42. The second-order valence-electron chi connectivity index (χ2n) is 7.82. The van der Waals surface area contributed by atoms with Gasteiger partial charge in [-0.2, -0.15) is 18.3 Å². The number of nitrogens with zero attached hydrogens (tertiary/aromatic N) is 2. The number of hydrogen-bond acceptors (Lipinski definition) is 5. The van der Waals surface area contributed by atoms with Crippen molar-refractivity contribution in [2.24, 2.45) is 7.05 Å². The van der Waals surface area contributed by atoms with Gasteiger partial charge in [0, 0.05) is 30.1 Å². The Balaban J connectivity index is 2.01. The van der Waals surface area contributed by atoms with Crippen molar-refractivity contribution in [3.05, 3.63) is 68.9 Å². The maximum absolute atomic E-state index is 14.3. The molecule has 1 aliphatic rings. The van der Waals surface area contributed by atoms with E-state index in [-0.39, 0.29) is 33.2 Å². The predicted molar refractivity (Wildman–Crippen MR) is 116 cm³/mol. The summed E-state index contributed by atoms with van der Waals surface area (Å²) in [5.41, 5.74) is -4.24. The lowest BCUT2D eigenvalue weighted by atomic mass is 9.72. The number of anilines is 1. The molecule has 0 amide bonds. The maximum atomic E-state index is 14.3. The van der Waals surface area contributed by atoms with Crippen molar-refractivity contribution in [3.63, 3.8) is 0 Å². The Morgan fingerprint density at radius 2 is 2.03 bits per heavy atom. The molecule has 0 saturated heterocycles. The Morgan fingerprint density at radius 1 is 1.33 bits per heavy atom. The number of allylic oxidation sites excluding steroid dienone is 1. The monoisotopic (exact) mass is 483 g/mol. The smallest absolute Gasteiger partial charge is 0.419 e. The molecule has 3 N–H and O–H groups in total. The first kappa shape index (κ1) is 23.1. The van der Waals surface area contributed by atoms with E-state index in [1.807, 2.05) is 0 Å². The number of hydrogen-bond donors (Lipinski definition) is 3. The fourth-order valence-corrected chi connectivity index (χ4v) is 4.39. The van der Waals surface area contributed by atoms with Crippen LogP contribution in [0.25, 0.3) is 16.3 Å². The standard InChI is InChI=1S/C22H18ClF4N3O3/c1-3-10-8-21(33,22(25,26)27)19(12-7-14(23)17(24)18(31)16(10)12)29-15-6-4-5-11-13(15)9-28-30(2)20(11)32/h3-7,9,19,29,31,33H,8H2,1-2H3. The molecule has 0 fully saturated rings. The summed E-state index contributed by atoms with van der Waals surface area (Å²) in [5, 5.41) is 27.7. The van der Waals surface area contributed by atoms with Gasteiger partial charge in [0.1, 0.15) is 0 Å². The quantitative estimate of drug-likeness (QED) is 0.460. The zero-order valence-corrected chi connectivity index (χ0v) is 18.1. The molecular weight excluding hydrogens is 466 g/mol. The van der Waals surface area contributed by atoms with Crippen molar-refractivity contribution >= 4 is 33.6 Å². The molecule has 3 aromatic rings. The number of rotatable bonds is 2.